The Morgan fingerprint density at radius 2 is 1.46 bits per heavy atom. The maximum absolute atomic E-state index is 12.1. The van der Waals surface area contributed by atoms with Crippen molar-refractivity contribution in [3.8, 4) is 11.5 Å². The van der Waals surface area contributed by atoms with E-state index in [4.69, 9.17) is 4.74 Å². The van der Waals surface area contributed by atoms with E-state index in [2.05, 4.69) is 17.6 Å². The molecule has 0 bridgehead atoms. The average Bonchev–Trinajstić information content (AvgIpc) is 2.65. The molecule has 6 nitrogen and oxygen atoms in total. The van der Waals surface area contributed by atoms with Crippen LogP contribution in [0.15, 0.2) is 53.4 Å². The molecular formula is C21H26N2O4S. The Labute approximate surface area is 166 Å². The van der Waals surface area contributed by atoms with Gasteiger partial charge in [0.2, 0.25) is 0 Å². The van der Waals surface area contributed by atoms with Gasteiger partial charge in [-0.15, -0.1) is 0 Å². The third kappa shape index (κ3) is 5.73. The van der Waals surface area contributed by atoms with Crippen LogP contribution in [-0.4, -0.2) is 26.7 Å². The normalized spacial score (nSPS) is 19.6. The third-order valence-electron chi connectivity index (χ3n) is 4.95. The summed E-state index contributed by atoms with van der Waals surface area (Å²) in [5.74, 6) is 1.88. The Morgan fingerprint density at radius 1 is 0.929 bits per heavy atom. The number of anilines is 1. The summed E-state index contributed by atoms with van der Waals surface area (Å²) in [6, 6.07) is 13.3. The van der Waals surface area contributed by atoms with E-state index in [-0.39, 0.29) is 17.0 Å². The van der Waals surface area contributed by atoms with Crippen molar-refractivity contribution in [2.45, 2.75) is 43.5 Å². The minimum Gasteiger partial charge on any atom is -0.457 e. The van der Waals surface area contributed by atoms with E-state index >= 15 is 0 Å². The van der Waals surface area contributed by atoms with Crippen molar-refractivity contribution in [1.82, 2.24) is 5.32 Å². The number of sulfone groups is 1. The second-order valence-electron chi connectivity index (χ2n) is 7.43. The van der Waals surface area contributed by atoms with Gasteiger partial charge in [0.25, 0.3) is 0 Å². The first-order valence-corrected chi connectivity index (χ1v) is 11.3. The molecule has 1 aliphatic carbocycles. The van der Waals surface area contributed by atoms with Crippen LogP contribution >= 0.6 is 0 Å². The molecule has 0 atom stereocenters. The van der Waals surface area contributed by atoms with Crippen LogP contribution in [0.3, 0.4) is 0 Å². The van der Waals surface area contributed by atoms with Crippen molar-refractivity contribution in [2.75, 3.05) is 11.6 Å². The Kier molecular flexibility index (Phi) is 6.24. The largest absolute Gasteiger partial charge is 0.457 e. The lowest BCUT2D eigenvalue weighted by Gasteiger charge is -2.26. The fraction of sp³-hybridized carbons (Fsp3) is 0.381. The van der Waals surface area contributed by atoms with Crippen molar-refractivity contribution in [2.24, 2.45) is 5.92 Å². The van der Waals surface area contributed by atoms with Gasteiger partial charge in [-0.05, 0) is 80.1 Å². The van der Waals surface area contributed by atoms with Crippen LogP contribution in [-0.2, 0) is 9.84 Å². The van der Waals surface area contributed by atoms with E-state index in [1.165, 1.54) is 18.4 Å². The maximum Gasteiger partial charge on any atom is 0.319 e. The van der Waals surface area contributed by atoms with Crippen molar-refractivity contribution in [3.05, 3.63) is 48.5 Å². The highest BCUT2D eigenvalue weighted by molar-refractivity contribution is 7.90. The Balaban J connectivity index is 1.52. The van der Waals surface area contributed by atoms with Crippen LogP contribution in [0.1, 0.15) is 32.6 Å². The molecule has 28 heavy (non-hydrogen) atoms. The standard InChI is InChI=1S/C21H26N2O4S/c1-15-3-5-16(6-4-15)22-21(24)23-17-7-9-18(10-8-17)27-19-11-13-20(14-12-19)28(2,25)26/h7-16H,3-6H2,1-2H3,(H2,22,23,24). The number of urea groups is 1. The molecule has 2 aromatic rings. The van der Waals surface area contributed by atoms with E-state index in [9.17, 15) is 13.2 Å². The fourth-order valence-electron chi connectivity index (χ4n) is 3.25. The molecule has 1 aliphatic rings. The van der Waals surface area contributed by atoms with Gasteiger partial charge in [-0.3, -0.25) is 0 Å². The van der Waals surface area contributed by atoms with Gasteiger partial charge in [0.05, 0.1) is 4.90 Å². The van der Waals surface area contributed by atoms with Gasteiger partial charge in [-0.1, -0.05) is 6.92 Å². The zero-order chi connectivity index (χ0) is 20.1. The Hall–Kier alpha value is -2.54. The monoisotopic (exact) mass is 402 g/mol. The van der Waals surface area contributed by atoms with Crippen molar-refractivity contribution in [3.63, 3.8) is 0 Å². The fourth-order valence-corrected chi connectivity index (χ4v) is 3.88. The molecule has 0 radical (unpaired) electrons. The van der Waals surface area contributed by atoms with Crippen LogP contribution < -0.4 is 15.4 Å². The van der Waals surface area contributed by atoms with E-state index in [1.807, 2.05) is 0 Å². The summed E-state index contributed by atoms with van der Waals surface area (Å²) in [4.78, 5) is 12.4. The van der Waals surface area contributed by atoms with Gasteiger partial charge in [0.15, 0.2) is 9.84 Å². The van der Waals surface area contributed by atoms with Crippen LogP contribution in [0.5, 0.6) is 11.5 Å². The van der Waals surface area contributed by atoms with Crippen molar-refractivity contribution < 1.29 is 17.9 Å². The minimum absolute atomic E-state index is 0.190. The van der Waals surface area contributed by atoms with Gasteiger partial charge in [0, 0.05) is 18.0 Å². The molecule has 3 rings (SSSR count). The topological polar surface area (TPSA) is 84.5 Å². The number of rotatable bonds is 5. The molecule has 1 saturated carbocycles. The number of hydrogen-bond donors (Lipinski definition) is 2. The van der Waals surface area contributed by atoms with Crippen molar-refractivity contribution >= 4 is 21.6 Å². The quantitative estimate of drug-likeness (QED) is 0.766. The first kappa shape index (κ1) is 20.2. The summed E-state index contributed by atoms with van der Waals surface area (Å²) in [5, 5.41) is 5.87. The zero-order valence-electron chi connectivity index (χ0n) is 16.1. The van der Waals surface area contributed by atoms with Gasteiger partial charge in [-0.25, -0.2) is 13.2 Å². The smallest absolute Gasteiger partial charge is 0.319 e. The number of carbonyl (C=O) groups is 1. The van der Waals surface area contributed by atoms with Crippen molar-refractivity contribution in [1.29, 1.82) is 0 Å². The number of benzene rings is 2. The molecule has 0 aliphatic heterocycles. The summed E-state index contributed by atoms with van der Waals surface area (Å²) in [6.07, 6.45) is 5.53. The van der Waals surface area contributed by atoms with Crippen LogP contribution in [0.4, 0.5) is 10.5 Å². The SMILES string of the molecule is CC1CCC(NC(=O)Nc2ccc(Oc3ccc(S(C)(=O)=O)cc3)cc2)CC1. The molecule has 7 heteroatoms. The van der Waals surface area contributed by atoms with Gasteiger partial charge >= 0.3 is 6.03 Å². The molecule has 150 valence electrons. The molecule has 2 N–H and O–H groups in total. The number of hydrogen-bond acceptors (Lipinski definition) is 4. The maximum atomic E-state index is 12.1. The molecule has 0 aromatic heterocycles. The molecule has 2 aromatic carbocycles. The van der Waals surface area contributed by atoms with Crippen LogP contribution in [0.2, 0.25) is 0 Å². The third-order valence-corrected chi connectivity index (χ3v) is 6.08. The predicted molar refractivity (Wildman–Crippen MR) is 110 cm³/mol. The highest BCUT2D eigenvalue weighted by Crippen LogP contribution is 2.25. The summed E-state index contributed by atoms with van der Waals surface area (Å²) < 4.78 is 28.7. The molecular weight excluding hydrogens is 376 g/mol. The Bertz CT molecular complexity index is 900. The summed E-state index contributed by atoms with van der Waals surface area (Å²) in [5.41, 5.74) is 0.682. The van der Waals surface area contributed by atoms with Gasteiger partial charge in [0.1, 0.15) is 11.5 Å². The predicted octanol–water partition coefficient (Wildman–Crippen LogP) is 4.58. The first-order valence-electron chi connectivity index (χ1n) is 9.45. The van der Waals surface area contributed by atoms with E-state index in [0.29, 0.717) is 17.2 Å². The van der Waals surface area contributed by atoms with E-state index in [0.717, 1.165) is 31.6 Å². The molecule has 2 amide bonds. The molecule has 1 fully saturated rings. The highest BCUT2D eigenvalue weighted by Gasteiger charge is 2.19. The summed E-state index contributed by atoms with van der Waals surface area (Å²) in [7, 11) is -3.22. The number of nitrogens with one attached hydrogen (secondary N) is 2. The van der Waals surface area contributed by atoms with Crippen LogP contribution in [0.25, 0.3) is 0 Å². The average molecular weight is 403 g/mol. The lowest BCUT2D eigenvalue weighted by molar-refractivity contribution is 0.239. The lowest BCUT2D eigenvalue weighted by atomic mass is 9.87. The summed E-state index contributed by atoms with van der Waals surface area (Å²) >= 11 is 0. The van der Waals surface area contributed by atoms with Crippen LogP contribution in [0, 0.1) is 5.92 Å². The van der Waals surface area contributed by atoms with E-state index in [1.54, 1.807) is 36.4 Å². The molecule has 0 spiro atoms. The number of amides is 2. The second-order valence-corrected chi connectivity index (χ2v) is 9.44. The lowest BCUT2D eigenvalue weighted by Crippen LogP contribution is -2.39. The molecule has 0 saturated heterocycles. The zero-order valence-corrected chi connectivity index (χ0v) is 17.0. The van der Waals surface area contributed by atoms with Gasteiger partial charge < -0.3 is 15.4 Å². The van der Waals surface area contributed by atoms with Gasteiger partial charge in [-0.2, -0.15) is 0 Å². The van der Waals surface area contributed by atoms with E-state index < -0.39 is 9.84 Å². The summed E-state index contributed by atoms with van der Waals surface area (Å²) in [6.45, 7) is 2.25. The molecule has 0 unspecified atom stereocenters. The second kappa shape index (κ2) is 8.65. The minimum atomic E-state index is -3.22. The number of ether oxygens (including phenoxy) is 1. The first-order chi connectivity index (χ1) is 13.3. The Morgan fingerprint density at radius 3 is 2.00 bits per heavy atom. The number of carbonyl (C=O) groups excluding carboxylic acids is 1. The molecule has 0 heterocycles. The highest BCUT2D eigenvalue weighted by atomic mass is 32.2.